The van der Waals surface area contributed by atoms with Crippen LogP contribution in [0.1, 0.15) is 6.92 Å². The summed E-state index contributed by atoms with van der Waals surface area (Å²) in [6, 6.07) is 0. The molecule has 0 spiro atoms. The maximum Gasteiger partial charge on any atom is 0.190 e. The van der Waals surface area contributed by atoms with E-state index in [2.05, 4.69) is 10.1 Å². The number of amidine groups is 1. The molecule has 0 atom stereocenters. The van der Waals surface area contributed by atoms with Gasteiger partial charge in [-0.05, 0) is 18.7 Å². The van der Waals surface area contributed by atoms with Crippen molar-refractivity contribution in [1.82, 2.24) is 5.01 Å². The first-order valence-electron chi connectivity index (χ1n) is 3.52. The fraction of sp³-hybridized carbons (Fsp3) is 0.286. The second-order valence-electron chi connectivity index (χ2n) is 2.51. The van der Waals surface area contributed by atoms with Crippen molar-refractivity contribution in [3.63, 3.8) is 0 Å². The van der Waals surface area contributed by atoms with E-state index in [9.17, 15) is 4.79 Å². The number of nitrogens with zero attached hydrogens (tertiary/aromatic N) is 3. The summed E-state index contributed by atoms with van der Waals surface area (Å²) in [5.41, 5.74) is 0.665. The van der Waals surface area contributed by atoms with E-state index in [1.54, 1.807) is 11.2 Å². The van der Waals surface area contributed by atoms with Gasteiger partial charge in [0.15, 0.2) is 5.17 Å². The van der Waals surface area contributed by atoms with E-state index < -0.39 is 0 Å². The summed E-state index contributed by atoms with van der Waals surface area (Å²) < 4.78 is 0. The third kappa shape index (κ3) is 1.16. The number of aldehydes is 1. The van der Waals surface area contributed by atoms with Crippen LogP contribution >= 0.6 is 11.8 Å². The van der Waals surface area contributed by atoms with Crippen LogP contribution in [-0.4, -0.2) is 28.1 Å². The third-order valence-electron chi connectivity index (χ3n) is 1.55. The van der Waals surface area contributed by atoms with Crippen molar-refractivity contribution >= 4 is 28.3 Å². The smallest absolute Gasteiger partial charge is 0.190 e. The highest BCUT2D eigenvalue weighted by atomic mass is 32.2. The third-order valence-corrected chi connectivity index (χ3v) is 2.42. The molecule has 2 rings (SSSR count). The molecular formula is C7H7N3OS. The lowest BCUT2D eigenvalue weighted by atomic mass is 10.3. The molecule has 0 unspecified atom stereocenters. The lowest BCUT2D eigenvalue weighted by Crippen LogP contribution is -2.24. The van der Waals surface area contributed by atoms with Gasteiger partial charge >= 0.3 is 0 Å². The van der Waals surface area contributed by atoms with Crippen LogP contribution < -0.4 is 0 Å². The Balaban J connectivity index is 2.25. The van der Waals surface area contributed by atoms with Crippen LogP contribution in [0, 0.1) is 0 Å². The van der Waals surface area contributed by atoms with E-state index in [1.807, 2.05) is 6.92 Å². The molecular weight excluding hydrogens is 174 g/mol. The average molecular weight is 181 g/mol. The highest BCUT2D eigenvalue weighted by Gasteiger charge is 2.23. The molecule has 0 saturated carbocycles. The highest BCUT2D eigenvalue weighted by Crippen LogP contribution is 2.23. The van der Waals surface area contributed by atoms with Crippen molar-refractivity contribution < 1.29 is 4.79 Å². The minimum atomic E-state index is 0.548. The van der Waals surface area contributed by atoms with Crippen molar-refractivity contribution in [2.24, 2.45) is 10.1 Å². The van der Waals surface area contributed by atoms with Gasteiger partial charge in [-0.3, -0.25) is 4.79 Å². The maximum absolute atomic E-state index is 10.4. The molecule has 5 heteroatoms. The van der Waals surface area contributed by atoms with Crippen LogP contribution in [0.2, 0.25) is 0 Å². The molecule has 0 fully saturated rings. The Kier molecular flexibility index (Phi) is 1.73. The van der Waals surface area contributed by atoms with Crippen molar-refractivity contribution in [2.45, 2.75) is 6.92 Å². The van der Waals surface area contributed by atoms with Gasteiger partial charge in [0, 0.05) is 11.8 Å². The number of hydrazone groups is 1. The zero-order valence-corrected chi connectivity index (χ0v) is 7.34. The van der Waals surface area contributed by atoms with Gasteiger partial charge in [0.05, 0.1) is 11.6 Å². The number of hydrogen-bond acceptors (Lipinski definition) is 5. The fourth-order valence-electron chi connectivity index (χ4n) is 1.03. The minimum Gasteiger partial charge on any atom is -0.298 e. The predicted octanol–water partition coefficient (Wildman–Crippen LogP) is 0.821. The number of carbonyl (C=O) groups excluding carboxylic acids is 1. The van der Waals surface area contributed by atoms with Crippen molar-refractivity contribution in [2.75, 3.05) is 6.54 Å². The van der Waals surface area contributed by atoms with Crippen LogP contribution in [0.15, 0.2) is 21.9 Å². The number of thioether (sulfide) groups is 1. The van der Waals surface area contributed by atoms with Gasteiger partial charge in [0.2, 0.25) is 0 Å². The van der Waals surface area contributed by atoms with E-state index in [1.165, 1.54) is 11.8 Å². The zero-order valence-electron chi connectivity index (χ0n) is 6.52. The number of hydrogen-bond donors (Lipinski definition) is 0. The fourth-order valence-corrected chi connectivity index (χ4v) is 1.75. The summed E-state index contributed by atoms with van der Waals surface area (Å²) in [6.45, 7) is 2.47. The Hall–Kier alpha value is -1.10. The van der Waals surface area contributed by atoms with E-state index in [4.69, 9.17) is 0 Å². The molecule has 0 N–H and O–H groups in total. The number of aliphatic imine (C=N–C) groups is 1. The zero-order chi connectivity index (χ0) is 8.55. The molecule has 4 nitrogen and oxygen atoms in total. The van der Waals surface area contributed by atoms with E-state index in [0.717, 1.165) is 16.5 Å². The molecule has 2 heterocycles. The first kappa shape index (κ1) is 7.54. The Morgan fingerprint density at radius 3 is 3.33 bits per heavy atom. The Bertz CT molecular complexity index is 319. The molecule has 2 aliphatic heterocycles. The van der Waals surface area contributed by atoms with E-state index in [0.29, 0.717) is 12.1 Å². The van der Waals surface area contributed by atoms with Crippen LogP contribution in [-0.2, 0) is 4.79 Å². The van der Waals surface area contributed by atoms with Crippen LogP contribution in [0.3, 0.4) is 0 Å². The average Bonchev–Trinajstić information content (AvgIpc) is 2.43. The van der Waals surface area contributed by atoms with Crippen molar-refractivity contribution in [3.05, 3.63) is 11.8 Å². The molecule has 0 saturated heterocycles. The number of rotatable bonds is 1. The van der Waals surface area contributed by atoms with Crippen LogP contribution in [0.4, 0.5) is 0 Å². The van der Waals surface area contributed by atoms with Gasteiger partial charge in [-0.25, -0.2) is 10.0 Å². The molecule has 0 aromatic carbocycles. The standard InChI is InChI=1S/C7H7N3OS/c1-5-9-10-3-6(4-11)2-8-7(10)12-5/h2,4H,3H2,1H3. The minimum absolute atomic E-state index is 0.548. The van der Waals surface area contributed by atoms with Crippen LogP contribution in [0.5, 0.6) is 0 Å². The summed E-state index contributed by atoms with van der Waals surface area (Å²) in [6.07, 6.45) is 2.41. The predicted molar refractivity (Wildman–Crippen MR) is 49.0 cm³/mol. The molecule has 0 bridgehead atoms. The Morgan fingerprint density at radius 2 is 2.58 bits per heavy atom. The monoisotopic (exact) mass is 181 g/mol. The molecule has 0 aromatic heterocycles. The topological polar surface area (TPSA) is 45.0 Å². The molecule has 12 heavy (non-hydrogen) atoms. The van der Waals surface area contributed by atoms with Gasteiger partial charge < -0.3 is 0 Å². The second-order valence-corrected chi connectivity index (χ2v) is 3.67. The summed E-state index contributed by atoms with van der Waals surface area (Å²) in [7, 11) is 0. The van der Waals surface area contributed by atoms with Gasteiger partial charge in [0.25, 0.3) is 0 Å². The Morgan fingerprint density at radius 1 is 1.75 bits per heavy atom. The van der Waals surface area contributed by atoms with Gasteiger partial charge in [-0.15, -0.1) is 0 Å². The number of carbonyl (C=O) groups is 1. The SMILES string of the molecule is CC1=NN2CC(C=O)=CN=C2S1. The van der Waals surface area contributed by atoms with Crippen molar-refractivity contribution in [3.8, 4) is 0 Å². The van der Waals surface area contributed by atoms with E-state index >= 15 is 0 Å². The molecule has 0 radical (unpaired) electrons. The quantitative estimate of drug-likeness (QED) is 0.562. The normalized spacial score (nSPS) is 21.1. The molecule has 2 aliphatic rings. The lowest BCUT2D eigenvalue weighted by molar-refractivity contribution is -0.105. The summed E-state index contributed by atoms with van der Waals surface area (Å²) in [5, 5.41) is 7.76. The van der Waals surface area contributed by atoms with Gasteiger partial charge in [-0.1, -0.05) is 0 Å². The van der Waals surface area contributed by atoms with Gasteiger partial charge in [-0.2, -0.15) is 5.10 Å². The largest absolute Gasteiger partial charge is 0.298 e. The number of fused-ring (bicyclic) bond motifs is 1. The molecule has 0 aromatic rings. The summed E-state index contributed by atoms with van der Waals surface area (Å²) >= 11 is 1.53. The lowest BCUT2D eigenvalue weighted by Gasteiger charge is -2.16. The van der Waals surface area contributed by atoms with Gasteiger partial charge in [0.1, 0.15) is 6.29 Å². The highest BCUT2D eigenvalue weighted by molar-refractivity contribution is 8.26. The molecule has 62 valence electrons. The molecule has 0 amide bonds. The first-order valence-corrected chi connectivity index (χ1v) is 4.34. The Labute approximate surface area is 74.0 Å². The van der Waals surface area contributed by atoms with Crippen molar-refractivity contribution in [1.29, 1.82) is 0 Å². The summed E-state index contributed by atoms with van der Waals surface area (Å²) in [5.74, 6) is 0. The van der Waals surface area contributed by atoms with E-state index in [-0.39, 0.29) is 0 Å². The second kappa shape index (κ2) is 2.75. The van der Waals surface area contributed by atoms with Crippen LogP contribution in [0.25, 0.3) is 0 Å². The first-order chi connectivity index (χ1) is 5.79. The maximum atomic E-state index is 10.4. The molecule has 0 aliphatic carbocycles. The summed E-state index contributed by atoms with van der Waals surface area (Å²) in [4.78, 5) is 14.5.